The minimum Gasteiger partial charge on any atom is -0.504 e. The molecular formula is C23H22N2O2. The highest BCUT2D eigenvalue weighted by Crippen LogP contribution is 2.65. The highest BCUT2D eigenvalue weighted by molar-refractivity contribution is 5.86. The quantitative estimate of drug-likeness (QED) is 0.647. The number of H-pyrrole nitrogens is 1. The second kappa shape index (κ2) is 4.50. The molecule has 2 aliphatic carbocycles. The lowest BCUT2D eigenvalue weighted by Crippen LogP contribution is -2.62. The summed E-state index contributed by atoms with van der Waals surface area (Å²) in [5.41, 5.74) is 6.75. The van der Waals surface area contributed by atoms with E-state index in [0.29, 0.717) is 17.7 Å². The maximum absolute atomic E-state index is 10.6. The molecule has 27 heavy (non-hydrogen) atoms. The molecule has 2 bridgehead atoms. The largest absolute Gasteiger partial charge is 0.504 e. The topological polar surface area (TPSA) is 48.5 Å². The SMILES string of the molecule is CN1CC[C@]23c4c5ccc(O)c4O[C@H]2Cc2c([nH]c4ccccc24)[C@H]3[C@H]1C5. The summed E-state index contributed by atoms with van der Waals surface area (Å²) in [5.74, 6) is 1.47. The Kier molecular flexibility index (Phi) is 2.43. The predicted octanol–water partition coefficient (Wildman–Crippen LogP) is 3.47. The number of aromatic hydroxyl groups is 1. The molecule has 0 saturated carbocycles. The number of likely N-dealkylation sites (N-methyl/N-ethyl adjacent to an activating group) is 1. The average Bonchev–Trinajstić information content (AvgIpc) is 3.21. The van der Waals surface area contributed by atoms with Gasteiger partial charge in [-0.15, -0.1) is 0 Å². The van der Waals surface area contributed by atoms with Gasteiger partial charge in [-0.2, -0.15) is 0 Å². The van der Waals surface area contributed by atoms with E-state index in [2.05, 4.69) is 47.3 Å². The van der Waals surface area contributed by atoms with Crippen LogP contribution in [0.1, 0.15) is 34.7 Å². The molecule has 3 aromatic rings. The van der Waals surface area contributed by atoms with E-state index >= 15 is 0 Å². The number of piperidine rings is 1. The molecule has 2 aromatic carbocycles. The van der Waals surface area contributed by atoms with Crippen LogP contribution < -0.4 is 4.74 Å². The fourth-order valence-electron chi connectivity index (χ4n) is 6.81. The molecule has 4 heteroatoms. The Morgan fingerprint density at radius 1 is 1.19 bits per heavy atom. The van der Waals surface area contributed by atoms with E-state index in [1.807, 2.05) is 6.07 Å². The minimum atomic E-state index is -0.00723. The van der Waals surface area contributed by atoms with Crippen LogP contribution in [0.15, 0.2) is 36.4 Å². The molecule has 2 aliphatic heterocycles. The van der Waals surface area contributed by atoms with Crippen LogP contribution in [0.3, 0.4) is 0 Å². The molecule has 4 aliphatic rings. The van der Waals surface area contributed by atoms with E-state index in [1.54, 1.807) is 0 Å². The Morgan fingerprint density at radius 3 is 3.00 bits per heavy atom. The van der Waals surface area contributed by atoms with E-state index in [0.717, 1.165) is 31.6 Å². The lowest BCUT2D eigenvalue weighted by atomic mass is 9.52. The van der Waals surface area contributed by atoms with Gasteiger partial charge in [-0.1, -0.05) is 24.3 Å². The van der Waals surface area contributed by atoms with Gasteiger partial charge in [0.15, 0.2) is 11.5 Å². The molecule has 0 radical (unpaired) electrons. The van der Waals surface area contributed by atoms with Crippen LogP contribution in [0.4, 0.5) is 0 Å². The summed E-state index contributed by atoms with van der Waals surface area (Å²) >= 11 is 0. The van der Waals surface area contributed by atoms with Crippen molar-refractivity contribution in [1.29, 1.82) is 0 Å². The minimum absolute atomic E-state index is 0.00723. The Labute approximate surface area is 157 Å². The number of likely N-dealkylation sites (tertiary alicyclic amines) is 1. The zero-order valence-electron chi connectivity index (χ0n) is 15.3. The number of fused-ring (bicyclic) bond motifs is 3. The monoisotopic (exact) mass is 358 g/mol. The van der Waals surface area contributed by atoms with Crippen molar-refractivity contribution in [2.24, 2.45) is 0 Å². The number of phenols is 1. The van der Waals surface area contributed by atoms with Gasteiger partial charge in [-0.3, -0.25) is 0 Å². The molecule has 1 fully saturated rings. The second-order valence-corrected chi connectivity index (χ2v) is 8.84. The first kappa shape index (κ1) is 14.6. The van der Waals surface area contributed by atoms with Crippen LogP contribution in [0.25, 0.3) is 10.9 Å². The summed E-state index contributed by atoms with van der Waals surface area (Å²) in [5, 5.41) is 11.9. The smallest absolute Gasteiger partial charge is 0.165 e. The summed E-state index contributed by atoms with van der Waals surface area (Å²) in [6.07, 6.45) is 3.15. The first-order valence-electron chi connectivity index (χ1n) is 10.00. The lowest BCUT2D eigenvalue weighted by molar-refractivity contribution is 0.0114. The molecule has 4 nitrogen and oxygen atoms in total. The predicted molar refractivity (Wildman–Crippen MR) is 104 cm³/mol. The number of aromatic nitrogens is 1. The molecular weight excluding hydrogens is 336 g/mol. The van der Waals surface area contributed by atoms with Crippen molar-refractivity contribution in [1.82, 2.24) is 9.88 Å². The Hall–Kier alpha value is -2.46. The molecule has 7 rings (SSSR count). The lowest BCUT2D eigenvalue weighted by Gasteiger charge is -2.57. The van der Waals surface area contributed by atoms with Crippen LogP contribution in [0, 0.1) is 0 Å². The van der Waals surface area contributed by atoms with Crippen molar-refractivity contribution >= 4 is 10.9 Å². The van der Waals surface area contributed by atoms with Crippen LogP contribution in [0.2, 0.25) is 0 Å². The summed E-state index contributed by atoms with van der Waals surface area (Å²) < 4.78 is 6.54. The summed E-state index contributed by atoms with van der Waals surface area (Å²) in [6.45, 7) is 1.09. The standard InChI is InChI=1S/C23H22N2O2/c1-25-9-8-23-18-11-14-13-4-2-3-5-15(13)24-21(14)20(23)16(25)10-12-6-7-17(26)22(27-18)19(12)23/h2-7,16,18,20,24,26H,8-11H2,1H3/t16-,18+,20-,23-/m1/s1. The van der Waals surface area contributed by atoms with E-state index in [9.17, 15) is 5.11 Å². The number of hydrogen-bond acceptors (Lipinski definition) is 3. The highest BCUT2D eigenvalue weighted by Gasteiger charge is 2.65. The Balaban J connectivity index is 1.58. The summed E-state index contributed by atoms with van der Waals surface area (Å²) in [6, 6.07) is 13.1. The molecule has 2 N–H and O–H groups in total. The molecule has 0 unspecified atom stereocenters. The highest BCUT2D eigenvalue weighted by atomic mass is 16.5. The van der Waals surface area contributed by atoms with Gasteiger partial charge in [0.05, 0.1) is 0 Å². The first-order valence-corrected chi connectivity index (χ1v) is 10.00. The number of nitrogens with one attached hydrogen (secondary N) is 1. The molecule has 4 atom stereocenters. The van der Waals surface area contributed by atoms with E-state index < -0.39 is 0 Å². The van der Waals surface area contributed by atoms with Crippen molar-refractivity contribution in [2.75, 3.05) is 13.6 Å². The van der Waals surface area contributed by atoms with Gasteiger partial charge in [-0.25, -0.2) is 0 Å². The Bertz CT molecular complexity index is 1130. The third kappa shape index (κ3) is 1.49. The molecule has 1 saturated heterocycles. The van der Waals surface area contributed by atoms with Crippen LogP contribution >= 0.6 is 0 Å². The molecule has 3 heterocycles. The van der Waals surface area contributed by atoms with Crippen molar-refractivity contribution in [2.45, 2.75) is 42.7 Å². The fourth-order valence-corrected chi connectivity index (χ4v) is 6.81. The average molecular weight is 358 g/mol. The van der Waals surface area contributed by atoms with Gasteiger partial charge in [0, 0.05) is 46.0 Å². The zero-order valence-corrected chi connectivity index (χ0v) is 15.3. The second-order valence-electron chi connectivity index (χ2n) is 8.84. The van der Waals surface area contributed by atoms with Gasteiger partial charge in [0.25, 0.3) is 0 Å². The van der Waals surface area contributed by atoms with E-state index in [-0.39, 0.29) is 11.5 Å². The van der Waals surface area contributed by atoms with Crippen LogP contribution in [0.5, 0.6) is 11.5 Å². The number of nitrogens with zero attached hydrogens (tertiary/aromatic N) is 1. The third-order valence-electron chi connectivity index (χ3n) is 7.88. The number of ether oxygens (including phenoxy) is 1. The van der Waals surface area contributed by atoms with Gasteiger partial charge in [-0.05, 0) is 49.7 Å². The van der Waals surface area contributed by atoms with Crippen LogP contribution in [-0.4, -0.2) is 40.7 Å². The van der Waals surface area contributed by atoms with E-state index in [1.165, 1.54) is 33.3 Å². The van der Waals surface area contributed by atoms with Crippen molar-refractivity contribution in [3.8, 4) is 11.5 Å². The van der Waals surface area contributed by atoms with Crippen LogP contribution in [-0.2, 0) is 18.3 Å². The molecule has 1 spiro atoms. The molecule has 136 valence electrons. The summed E-state index contributed by atoms with van der Waals surface area (Å²) in [7, 11) is 2.27. The zero-order chi connectivity index (χ0) is 17.9. The van der Waals surface area contributed by atoms with Gasteiger partial charge in [0.1, 0.15) is 6.10 Å². The first-order chi connectivity index (χ1) is 13.2. The number of rotatable bonds is 0. The normalized spacial score (nSPS) is 32.9. The maximum Gasteiger partial charge on any atom is 0.165 e. The number of hydrogen-bond donors (Lipinski definition) is 2. The van der Waals surface area contributed by atoms with Crippen molar-refractivity contribution in [3.63, 3.8) is 0 Å². The van der Waals surface area contributed by atoms with Gasteiger partial charge in [0.2, 0.25) is 0 Å². The summed E-state index contributed by atoms with van der Waals surface area (Å²) in [4.78, 5) is 6.35. The number of aromatic amines is 1. The van der Waals surface area contributed by atoms with Crippen molar-refractivity contribution in [3.05, 3.63) is 58.8 Å². The van der Waals surface area contributed by atoms with Crippen molar-refractivity contribution < 1.29 is 9.84 Å². The molecule has 0 amide bonds. The third-order valence-corrected chi connectivity index (χ3v) is 7.88. The maximum atomic E-state index is 10.6. The number of phenolic OH excluding ortho intramolecular Hbond substituents is 1. The van der Waals surface area contributed by atoms with Gasteiger partial charge >= 0.3 is 0 Å². The Morgan fingerprint density at radius 2 is 2.07 bits per heavy atom. The number of benzene rings is 2. The molecule has 1 aromatic heterocycles. The number of para-hydroxylation sites is 1. The van der Waals surface area contributed by atoms with Gasteiger partial charge < -0.3 is 19.7 Å². The fraction of sp³-hybridized carbons (Fsp3) is 0.391. The van der Waals surface area contributed by atoms with E-state index in [4.69, 9.17) is 4.74 Å².